The maximum atomic E-state index is 13.4. The van der Waals surface area contributed by atoms with E-state index in [4.69, 9.17) is 4.42 Å². The van der Waals surface area contributed by atoms with Gasteiger partial charge in [0.15, 0.2) is 0 Å². The highest BCUT2D eigenvalue weighted by atomic mass is 19.1. The van der Waals surface area contributed by atoms with Crippen LogP contribution in [0, 0.1) is 19.7 Å². The number of carbonyl (C=O) groups excluding carboxylic acids is 2. The molecule has 0 fully saturated rings. The molecule has 0 radical (unpaired) electrons. The zero-order chi connectivity index (χ0) is 24.0. The first kappa shape index (κ1) is 24.0. The first-order valence-corrected chi connectivity index (χ1v) is 10.9. The molecule has 0 saturated heterocycles. The van der Waals surface area contributed by atoms with Crippen molar-refractivity contribution in [3.63, 3.8) is 0 Å². The summed E-state index contributed by atoms with van der Waals surface area (Å²) in [4.78, 5) is 29.5. The van der Waals surface area contributed by atoms with E-state index in [-0.39, 0.29) is 43.4 Å². The maximum absolute atomic E-state index is 13.4. The van der Waals surface area contributed by atoms with Gasteiger partial charge in [-0.15, -0.1) is 0 Å². The minimum atomic E-state index is -0.344. The molecule has 0 aliphatic rings. The number of benzene rings is 2. The van der Waals surface area contributed by atoms with Gasteiger partial charge in [-0.1, -0.05) is 30.3 Å². The van der Waals surface area contributed by atoms with Crippen molar-refractivity contribution in [2.45, 2.75) is 46.8 Å². The number of nitrogens with zero attached hydrogens (tertiary/aromatic N) is 2. The smallest absolute Gasteiger partial charge is 0.322 e. The highest BCUT2D eigenvalue weighted by Crippen LogP contribution is 2.17. The minimum absolute atomic E-state index is 0.101. The Kier molecular flexibility index (Phi) is 7.87. The third-order valence-corrected chi connectivity index (χ3v) is 5.36. The van der Waals surface area contributed by atoms with Crippen LogP contribution >= 0.6 is 0 Å². The van der Waals surface area contributed by atoms with E-state index in [1.54, 1.807) is 17.0 Å². The molecule has 7 heteroatoms. The molecular weight excluding hydrogens is 421 g/mol. The Morgan fingerprint density at radius 1 is 0.970 bits per heavy atom. The summed E-state index contributed by atoms with van der Waals surface area (Å²) < 4.78 is 19.0. The van der Waals surface area contributed by atoms with Crippen molar-refractivity contribution in [3.05, 3.63) is 89.1 Å². The number of hydrogen-bond donors (Lipinski definition) is 1. The quantitative estimate of drug-likeness (QED) is 0.491. The lowest BCUT2D eigenvalue weighted by Crippen LogP contribution is -2.47. The molecule has 2 aromatic carbocycles. The molecule has 0 bridgehead atoms. The van der Waals surface area contributed by atoms with E-state index < -0.39 is 0 Å². The van der Waals surface area contributed by atoms with Gasteiger partial charge in [-0.05, 0) is 69.2 Å². The summed E-state index contributed by atoms with van der Waals surface area (Å²) in [6.45, 7) is 7.90. The molecule has 33 heavy (non-hydrogen) atoms. The summed E-state index contributed by atoms with van der Waals surface area (Å²) in [5, 5.41) is 2.90. The maximum Gasteiger partial charge on any atom is 0.322 e. The summed E-state index contributed by atoms with van der Waals surface area (Å²) in [5.74, 6) is 0.822. The molecule has 0 atom stereocenters. The van der Waals surface area contributed by atoms with Crippen LogP contribution in [-0.4, -0.2) is 34.3 Å². The van der Waals surface area contributed by atoms with Crippen LogP contribution in [0.3, 0.4) is 0 Å². The van der Waals surface area contributed by atoms with Gasteiger partial charge in [0.2, 0.25) is 5.91 Å². The van der Waals surface area contributed by atoms with E-state index in [1.807, 2.05) is 64.1 Å². The first-order chi connectivity index (χ1) is 15.7. The fourth-order valence-corrected chi connectivity index (χ4v) is 3.44. The van der Waals surface area contributed by atoms with Crippen LogP contribution in [-0.2, 0) is 17.9 Å². The van der Waals surface area contributed by atoms with Crippen LogP contribution in [0.15, 0.2) is 65.1 Å². The molecule has 0 unspecified atom stereocenters. The van der Waals surface area contributed by atoms with Crippen molar-refractivity contribution in [2.24, 2.45) is 0 Å². The number of urea groups is 1. The molecule has 6 nitrogen and oxygen atoms in total. The monoisotopic (exact) mass is 451 g/mol. The van der Waals surface area contributed by atoms with E-state index in [9.17, 15) is 14.0 Å². The first-order valence-electron chi connectivity index (χ1n) is 10.9. The number of halogens is 1. The van der Waals surface area contributed by atoms with Gasteiger partial charge in [-0.25, -0.2) is 9.18 Å². The number of para-hydroxylation sites is 1. The van der Waals surface area contributed by atoms with Crippen LogP contribution in [0.1, 0.15) is 36.5 Å². The highest BCUT2D eigenvalue weighted by molar-refractivity contribution is 5.93. The van der Waals surface area contributed by atoms with Crippen LogP contribution in [0.2, 0.25) is 0 Å². The molecule has 0 aliphatic heterocycles. The summed E-state index contributed by atoms with van der Waals surface area (Å²) in [6.07, 6.45) is 0. The normalized spacial score (nSPS) is 10.8. The molecule has 1 aromatic heterocycles. The minimum Gasteiger partial charge on any atom is -0.464 e. The highest BCUT2D eigenvalue weighted by Gasteiger charge is 2.25. The van der Waals surface area contributed by atoms with E-state index >= 15 is 0 Å². The lowest BCUT2D eigenvalue weighted by Gasteiger charge is -2.30. The Balaban J connectivity index is 1.77. The summed E-state index contributed by atoms with van der Waals surface area (Å²) in [7, 11) is 0. The predicted octanol–water partition coefficient (Wildman–Crippen LogP) is 5.51. The topological polar surface area (TPSA) is 65.8 Å². The molecule has 0 spiro atoms. The Bertz CT molecular complexity index is 1090. The number of furan rings is 1. The molecule has 1 heterocycles. The number of aryl methyl sites for hydroxylation is 2. The molecule has 3 aromatic rings. The number of rotatable bonds is 8. The largest absolute Gasteiger partial charge is 0.464 e. The Morgan fingerprint density at radius 3 is 2.27 bits per heavy atom. The number of hydrogen-bond acceptors (Lipinski definition) is 3. The van der Waals surface area contributed by atoms with Crippen molar-refractivity contribution in [2.75, 3.05) is 11.9 Å². The Morgan fingerprint density at radius 2 is 1.67 bits per heavy atom. The standard InChI is InChI=1S/C26H30FN3O3/c1-18(2)30(26(32)28-24-8-6-5-7-19(24)3)17-25(31)29(16-23-14-9-20(4)33-23)15-21-10-12-22(27)13-11-21/h5-14,18H,15-17H2,1-4H3,(H,28,32). The third kappa shape index (κ3) is 6.68. The van der Waals surface area contributed by atoms with E-state index in [0.29, 0.717) is 11.4 Å². The van der Waals surface area contributed by atoms with Gasteiger partial charge in [0, 0.05) is 18.3 Å². The second kappa shape index (κ2) is 10.8. The summed E-state index contributed by atoms with van der Waals surface area (Å²) in [6, 6.07) is 16.6. The van der Waals surface area contributed by atoms with E-state index in [2.05, 4.69) is 5.32 Å². The van der Waals surface area contributed by atoms with Gasteiger partial charge in [-0.2, -0.15) is 0 Å². The molecule has 174 valence electrons. The van der Waals surface area contributed by atoms with Gasteiger partial charge >= 0.3 is 6.03 Å². The predicted molar refractivity (Wildman–Crippen MR) is 126 cm³/mol. The van der Waals surface area contributed by atoms with Gasteiger partial charge < -0.3 is 19.5 Å². The number of carbonyl (C=O) groups is 2. The molecule has 3 rings (SSSR count). The van der Waals surface area contributed by atoms with Gasteiger partial charge in [-0.3, -0.25) is 4.79 Å². The van der Waals surface area contributed by atoms with Crippen LogP contribution in [0.4, 0.5) is 14.9 Å². The summed E-state index contributed by atoms with van der Waals surface area (Å²) in [5.41, 5.74) is 2.43. The van der Waals surface area contributed by atoms with Crippen molar-refractivity contribution < 1.29 is 18.4 Å². The average molecular weight is 452 g/mol. The van der Waals surface area contributed by atoms with Crippen LogP contribution in [0.25, 0.3) is 0 Å². The lowest BCUT2D eigenvalue weighted by molar-refractivity contribution is -0.133. The van der Waals surface area contributed by atoms with Crippen LogP contribution in [0.5, 0.6) is 0 Å². The van der Waals surface area contributed by atoms with Gasteiger partial charge in [0.25, 0.3) is 0 Å². The second-order valence-electron chi connectivity index (χ2n) is 8.36. The zero-order valence-corrected chi connectivity index (χ0v) is 19.5. The molecule has 3 amide bonds. The van der Waals surface area contributed by atoms with E-state index in [1.165, 1.54) is 17.0 Å². The number of nitrogens with one attached hydrogen (secondary N) is 1. The van der Waals surface area contributed by atoms with E-state index in [0.717, 1.165) is 16.9 Å². The fourth-order valence-electron chi connectivity index (χ4n) is 3.44. The Hall–Kier alpha value is -3.61. The molecular formula is C26H30FN3O3. The number of amides is 3. The zero-order valence-electron chi connectivity index (χ0n) is 19.5. The second-order valence-corrected chi connectivity index (χ2v) is 8.36. The molecule has 0 saturated carbocycles. The fraction of sp³-hybridized carbons (Fsp3) is 0.308. The van der Waals surface area contributed by atoms with Gasteiger partial charge in [0.05, 0.1) is 6.54 Å². The third-order valence-electron chi connectivity index (χ3n) is 5.36. The van der Waals surface area contributed by atoms with Crippen molar-refractivity contribution in [3.8, 4) is 0 Å². The SMILES string of the molecule is Cc1ccc(CN(Cc2ccc(F)cc2)C(=O)CN(C(=O)Nc2ccccc2C)C(C)C)o1. The average Bonchev–Trinajstić information content (AvgIpc) is 3.18. The summed E-state index contributed by atoms with van der Waals surface area (Å²) >= 11 is 0. The Labute approximate surface area is 194 Å². The van der Waals surface area contributed by atoms with Crippen LogP contribution < -0.4 is 5.32 Å². The number of anilines is 1. The van der Waals surface area contributed by atoms with Crippen molar-refractivity contribution in [1.29, 1.82) is 0 Å². The lowest BCUT2D eigenvalue weighted by atomic mass is 10.2. The molecule has 1 N–H and O–H groups in total. The van der Waals surface area contributed by atoms with Crippen molar-refractivity contribution in [1.82, 2.24) is 9.80 Å². The molecule has 0 aliphatic carbocycles. The van der Waals surface area contributed by atoms with Crippen molar-refractivity contribution >= 4 is 17.6 Å². The van der Waals surface area contributed by atoms with Gasteiger partial charge in [0.1, 0.15) is 23.9 Å².